The van der Waals surface area contributed by atoms with E-state index in [1.807, 2.05) is 12.1 Å². The minimum atomic E-state index is -0.381. The van der Waals surface area contributed by atoms with Crippen molar-refractivity contribution in [1.29, 1.82) is 0 Å². The Morgan fingerprint density at radius 3 is 2.81 bits per heavy atom. The molecule has 10 nitrogen and oxygen atoms in total. The Morgan fingerprint density at radius 2 is 2.06 bits per heavy atom. The Balaban J connectivity index is 0.00000304. The molecule has 3 atom stereocenters. The minimum Gasteiger partial charge on any atom is -0.493 e. The standard InChI is InChI=1S/C25H31N7O3.ClH/c1-14-4-5-15(2)17(8-14)19-12-32-7-6-16-9-23(35-13-24(33)27-25-28-30-31-29-25)22(34-3)10-18(16)21(32)11-20(19)26;/h4-5,8-10,19-21H,6-7,11-13,26H2,1-3H3,(H2,27,28,29,30,31,33);1H/t19-,20+,21+;/m1./s1. The first-order valence-corrected chi connectivity index (χ1v) is 11.9. The van der Waals surface area contributed by atoms with Crippen molar-refractivity contribution >= 4 is 24.3 Å². The van der Waals surface area contributed by atoms with Gasteiger partial charge >= 0.3 is 0 Å². The summed E-state index contributed by atoms with van der Waals surface area (Å²) in [7, 11) is 1.61. The summed E-state index contributed by atoms with van der Waals surface area (Å²) in [4.78, 5) is 14.7. The van der Waals surface area contributed by atoms with Crippen molar-refractivity contribution in [3.63, 3.8) is 0 Å². The summed E-state index contributed by atoms with van der Waals surface area (Å²) in [6.07, 6.45) is 1.78. The van der Waals surface area contributed by atoms with Crippen LogP contribution in [-0.2, 0) is 11.2 Å². The van der Waals surface area contributed by atoms with Gasteiger partial charge in [-0.1, -0.05) is 28.9 Å². The number of hydrogen-bond donors (Lipinski definition) is 3. The normalized spacial score (nSPS) is 21.1. The third kappa shape index (κ3) is 5.16. The minimum absolute atomic E-state index is 0. The SMILES string of the molecule is COc1cc2c(cc1OCC(=O)Nc1nn[nH]n1)CCN1C[C@H](c3cc(C)ccc3C)[C@@H](N)C[C@@H]21.Cl. The number of carbonyl (C=O) groups is 1. The van der Waals surface area contributed by atoms with Crippen LogP contribution in [0.2, 0.25) is 0 Å². The van der Waals surface area contributed by atoms with Gasteiger partial charge in [-0.2, -0.15) is 5.21 Å². The maximum atomic E-state index is 12.2. The van der Waals surface area contributed by atoms with Crippen LogP contribution in [0.25, 0.3) is 0 Å². The van der Waals surface area contributed by atoms with Gasteiger partial charge in [-0.25, -0.2) is 0 Å². The molecule has 1 fully saturated rings. The zero-order valence-corrected chi connectivity index (χ0v) is 21.5. The van der Waals surface area contributed by atoms with Crippen LogP contribution in [0.4, 0.5) is 5.95 Å². The van der Waals surface area contributed by atoms with Crippen molar-refractivity contribution in [2.75, 3.05) is 32.1 Å². The van der Waals surface area contributed by atoms with Crippen LogP contribution in [0, 0.1) is 13.8 Å². The molecule has 11 heteroatoms. The fourth-order valence-electron chi connectivity index (χ4n) is 5.35. The Labute approximate surface area is 216 Å². The topological polar surface area (TPSA) is 131 Å². The molecule has 0 radical (unpaired) electrons. The molecule has 2 aliphatic heterocycles. The van der Waals surface area contributed by atoms with E-state index in [2.05, 4.69) is 62.9 Å². The number of hydrogen-bond acceptors (Lipinski definition) is 8. The summed E-state index contributed by atoms with van der Waals surface area (Å²) in [6, 6.07) is 11.0. The van der Waals surface area contributed by atoms with Crippen LogP contribution in [0.5, 0.6) is 11.5 Å². The number of aryl methyl sites for hydroxylation is 2. The van der Waals surface area contributed by atoms with Gasteiger partial charge in [0, 0.05) is 31.1 Å². The van der Waals surface area contributed by atoms with Crippen LogP contribution >= 0.6 is 12.4 Å². The van der Waals surface area contributed by atoms with Gasteiger partial charge in [0.2, 0.25) is 0 Å². The van der Waals surface area contributed by atoms with Crippen LogP contribution in [-0.4, -0.2) is 64.3 Å². The summed E-state index contributed by atoms with van der Waals surface area (Å²) >= 11 is 0. The Morgan fingerprint density at radius 1 is 1.22 bits per heavy atom. The Bertz CT molecular complexity index is 1220. The summed E-state index contributed by atoms with van der Waals surface area (Å²) in [5.74, 6) is 1.17. The van der Waals surface area contributed by atoms with E-state index in [0.29, 0.717) is 17.4 Å². The fraction of sp³-hybridized carbons (Fsp3) is 0.440. The molecule has 1 saturated heterocycles. The molecule has 1 aromatic heterocycles. The number of anilines is 1. The van der Waals surface area contributed by atoms with Gasteiger partial charge in [-0.3, -0.25) is 15.0 Å². The highest BCUT2D eigenvalue weighted by atomic mass is 35.5. The largest absolute Gasteiger partial charge is 0.493 e. The Kier molecular flexibility index (Phi) is 7.77. The predicted octanol–water partition coefficient (Wildman–Crippen LogP) is 2.68. The number of carbonyl (C=O) groups excluding carboxylic acids is 1. The van der Waals surface area contributed by atoms with Crippen LogP contribution in [0.1, 0.15) is 46.2 Å². The van der Waals surface area contributed by atoms with Crippen LogP contribution in [0.3, 0.4) is 0 Å². The average molecular weight is 514 g/mol. The molecule has 0 unspecified atom stereocenters. The summed E-state index contributed by atoms with van der Waals surface area (Å²) < 4.78 is 11.4. The summed E-state index contributed by atoms with van der Waals surface area (Å²) in [6.45, 7) is 6.01. The number of aromatic nitrogens is 4. The molecular formula is C25H32ClN7O3. The third-order valence-corrected chi connectivity index (χ3v) is 7.13. The number of nitrogens with zero attached hydrogens (tertiary/aromatic N) is 4. The van der Waals surface area contributed by atoms with Gasteiger partial charge in [-0.15, -0.1) is 17.5 Å². The van der Waals surface area contributed by atoms with E-state index in [-0.39, 0.29) is 43.0 Å². The van der Waals surface area contributed by atoms with Gasteiger partial charge < -0.3 is 15.2 Å². The van der Waals surface area contributed by atoms with Crippen molar-refractivity contribution < 1.29 is 14.3 Å². The van der Waals surface area contributed by atoms with Crippen molar-refractivity contribution in [3.8, 4) is 11.5 Å². The van der Waals surface area contributed by atoms with E-state index in [0.717, 1.165) is 25.9 Å². The molecule has 2 aromatic carbocycles. The summed E-state index contributed by atoms with van der Waals surface area (Å²) in [5, 5.41) is 15.6. The highest BCUT2D eigenvalue weighted by molar-refractivity contribution is 5.90. The highest BCUT2D eigenvalue weighted by Gasteiger charge is 2.39. The zero-order valence-electron chi connectivity index (χ0n) is 20.7. The van der Waals surface area contributed by atoms with E-state index in [9.17, 15) is 4.79 Å². The van der Waals surface area contributed by atoms with E-state index < -0.39 is 0 Å². The van der Waals surface area contributed by atoms with E-state index in [1.165, 1.54) is 27.8 Å². The molecule has 4 N–H and O–H groups in total. The van der Waals surface area contributed by atoms with Crippen molar-refractivity contribution in [2.24, 2.45) is 5.73 Å². The van der Waals surface area contributed by atoms with E-state index >= 15 is 0 Å². The van der Waals surface area contributed by atoms with Gasteiger partial charge in [0.1, 0.15) is 0 Å². The number of methoxy groups -OCH3 is 1. The number of fused-ring (bicyclic) bond motifs is 3. The molecule has 0 saturated carbocycles. The number of nitrogens with one attached hydrogen (secondary N) is 2. The lowest BCUT2D eigenvalue weighted by Crippen LogP contribution is -2.49. The lowest BCUT2D eigenvalue weighted by Gasteiger charge is -2.46. The van der Waals surface area contributed by atoms with Gasteiger partial charge in [-0.05, 0) is 66.3 Å². The Hall–Kier alpha value is -3.21. The van der Waals surface area contributed by atoms with Crippen molar-refractivity contribution in [2.45, 2.75) is 44.7 Å². The van der Waals surface area contributed by atoms with Crippen LogP contribution in [0.15, 0.2) is 30.3 Å². The monoisotopic (exact) mass is 513 g/mol. The molecule has 1 amide bonds. The lowest BCUT2D eigenvalue weighted by atomic mass is 9.77. The second-order valence-electron chi connectivity index (χ2n) is 9.40. The number of amides is 1. The summed E-state index contributed by atoms with van der Waals surface area (Å²) in [5.41, 5.74) is 13.2. The first kappa shape index (κ1) is 25.9. The van der Waals surface area contributed by atoms with E-state index in [1.54, 1.807) is 7.11 Å². The zero-order chi connectivity index (χ0) is 24.5. The number of aromatic amines is 1. The first-order chi connectivity index (χ1) is 16.9. The molecule has 192 valence electrons. The fourth-order valence-corrected chi connectivity index (χ4v) is 5.35. The number of halogens is 1. The lowest BCUT2D eigenvalue weighted by molar-refractivity contribution is -0.118. The second kappa shape index (κ2) is 10.8. The number of piperidine rings is 1. The number of tetrazole rings is 1. The highest BCUT2D eigenvalue weighted by Crippen LogP contribution is 2.44. The number of nitrogens with two attached hydrogens (primary N) is 1. The maximum absolute atomic E-state index is 12.2. The predicted molar refractivity (Wildman–Crippen MR) is 138 cm³/mol. The molecule has 5 rings (SSSR count). The average Bonchev–Trinajstić information content (AvgIpc) is 3.36. The van der Waals surface area contributed by atoms with Gasteiger partial charge in [0.25, 0.3) is 11.9 Å². The number of benzene rings is 2. The van der Waals surface area contributed by atoms with Gasteiger partial charge in [0.15, 0.2) is 18.1 Å². The quantitative estimate of drug-likeness (QED) is 0.458. The number of ether oxygens (including phenoxy) is 2. The first-order valence-electron chi connectivity index (χ1n) is 11.9. The molecule has 0 bridgehead atoms. The van der Waals surface area contributed by atoms with Crippen LogP contribution < -0.4 is 20.5 Å². The maximum Gasteiger partial charge on any atom is 0.269 e. The number of rotatable bonds is 6. The van der Waals surface area contributed by atoms with Crippen molar-refractivity contribution in [1.82, 2.24) is 25.5 Å². The third-order valence-electron chi connectivity index (χ3n) is 7.13. The second-order valence-corrected chi connectivity index (χ2v) is 9.40. The molecule has 2 aliphatic rings. The number of H-pyrrole nitrogens is 1. The molecule has 36 heavy (non-hydrogen) atoms. The molecule has 3 heterocycles. The molecular weight excluding hydrogens is 482 g/mol. The molecule has 3 aromatic rings. The smallest absolute Gasteiger partial charge is 0.269 e. The molecule has 0 spiro atoms. The molecule has 0 aliphatic carbocycles. The van der Waals surface area contributed by atoms with Gasteiger partial charge in [0.05, 0.1) is 7.11 Å². The van der Waals surface area contributed by atoms with E-state index in [4.69, 9.17) is 15.2 Å². The van der Waals surface area contributed by atoms with Crippen molar-refractivity contribution in [3.05, 3.63) is 58.1 Å².